The quantitative estimate of drug-likeness (QED) is 0.316. The fraction of sp³-hybridized carbons (Fsp3) is 0.857. The van der Waals surface area contributed by atoms with Crippen LogP contribution in [0.4, 0.5) is 0 Å². The lowest BCUT2D eigenvalue weighted by Gasteiger charge is -2.38. The van der Waals surface area contributed by atoms with E-state index in [9.17, 15) is 20.1 Å². The largest absolute Gasteiger partial charge is 0.394 e. The third-order valence-electron chi connectivity index (χ3n) is 2.17. The summed E-state index contributed by atoms with van der Waals surface area (Å²) < 4.78 is 4.81. The molecule has 7 heteroatoms. The molecule has 0 saturated carbocycles. The van der Waals surface area contributed by atoms with Crippen LogP contribution in [-0.4, -0.2) is 63.5 Å². The average molecular weight is 207 g/mol. The second kappa shape index (κ2) is 4.20. The topological polar surface area (TPSA) is 133 Å². The van der Waals surface area contributed by atoms with E-state index in [1.165, 1.54) is 0 Å². The van der Waals surface area contributed by atoms with Crippen LogP contribution in [0.3, 0.4) is 0 Å². The molecule has 0 aromatic rings. The van der Waals surface area contributed by atoms with Crippen molar-refractivity contribution in [1.29, 1.82) is 0 Å². The van der Waals surface area contributed by atoms with Gasteiger partial charge in [-0.2, -0.15) is 0 Å². The van der Waals surface area contributed by atoms with Gasteiger partial charge < -0.3 is 30.9 Å². The molecule has 1 aliphatic rings. The van der Waals surface area contributed by atoms with E-state index < -0.39 is 43.0 Å². The highest BCUT2D eigenvalue weighted by molar-refractivity contribution is 5.79. The van der Waals surface area contributed by atoms with Crippen molar-refractivity contribution in [2.75, 3.05) is 6.61 Å². The Morgan fingerprint density at radius 3 is 2.21 bits per heavy atom. The molecule has 0 unspecified atom stereocenters. The Morgan fingerprint density at radius 1 is 1.21 bits per heavy atom. The number of carbonyl (C=O) groups excluding carboxylic acids is 1. The Hall–Kier alpha value is -0.730. The molecular weight excluding hydrogens is 194 g/mol. The summed E-state index contributed by atoms with van der Waals surface area (Å²) >= 11 is 0. The van der Waals surface area contributed by atoms with Crippen LogP contribution in [0.2, 0.25) is 0 Å². The molecule has 1 heterocycles. The molecule has 0 aromatic heterocycles. The Balaban J connectivity index is 2.78. The molecule has 0 radical (unpaired) electrons. The van der Waals surface area contributed by atoms with Crippen LogP contribution in [0.5, 0.6) is 0 Å². The van der Waals surface area contributed by atoms with Crippen LogP contribution in [-0.2, 0) is 9.53 Å². The highest BCUT2D eigenvalue weighted by Crippen LogP contribution is 2.20. The van der Waals surface area contributed by atoms with E-state index in [1.807, 2.05) is 0 Å². The van der Waals surface area contributed by atoms with Crippen molar-refractivity contribution < 1.29 is 30.0 Å². The van der Waals surface area contributed by atoms with Crippen molar-refractivity contribution in [2.45, 2.75) is 30.5 Å². The molecule has 7 nitrogen and oxygen atoms in total. The molecular formula is C7H13NO6. The molecule has 5 atom stereocenters. The first kappa shape index (κ1) is 11.3. The third-order valence-corrected chi connectivity index (χ3v) is 2.17. The van der Waals surface area contributed by atoms with Gasteiger partial charge in [-0.3, -0.25) is 4.79 Å². The Bertz CT molecular complexity index is 220. The van der Waals surface area contributed by atoms with Crippen molar-refractivity contribution >= 4 is 5.91 Å². The van der Waals surface area contributed by atoms with Gasteiger partial charge in [0.05, 0.1) is 6.61 Å². The van der Waals surface area contributed by atoms with Crippen molar-refractivity contribution in [3.05, 3.63) is 0 Å². The predicted octanol–water partition coefficient (Wildman–Crippen LogP) is -3.69. The molecule has 0 bridgehead atoms. The highest BCUT2D eigenvalue weighted by Gasteiger charge is 2.45. The fourth-order valence-electron chi connectivity index (χ4n) is 1.34. The number of amides is 1. The second-order valence-corrected chi connectivity index (χ2v) is 3.15. The first-order chi connectivity index (χ1) is 6.49. The fourth-order valence-corrected chi connectivity index (χ4v) is 1.34. The lowest BCUT2D eigenvalue weighted by Crippen LogP contribution is -2.61. The van der Waals surface area contributed by atoms with Gasteiger partial charge in [0.25, 0.3) is 0 Å². The molecule has 6 N–H and O–H groups in total. The van der Waals surface area contributed by atoms with Crippen LogP contribution in [0.1, 0.15) is 0 Å². The zero-order chi connectivity index (χ0) is 10.9. The smallest absolute Gasteiger partial charge is 0.249 e. The van der Waals surface area contributed by atoms with Crippen LogP contribution in [0.15, 0.2) is 0 Å². The molecule has 1 aliphatic heterocycles. The van der Waals surface area contributed by atoms with E-state index in [-0.39, 0.29) is 0 Å². The number of rotatable bonds is 2. The van der Waals surface area contributed by atoms with E-state index in [1.54, 1.807) is 0 Å². The van der Waals surface area contributed by atoms with E-state index >= 15 is 0 Å². The van der Waals surface area contributed by atoms with Crippen LogP contribution in [0.25, 0.3) is 0 Å². The first-order valence-electron chi connectivity index (χ1n) is 4.09. The van der Waals surface area contributed by atoms with E-state index in [0.29, 0.717) is 0 Å². The molecule has 1 saturated heterocycles. The summed E-state index contributed by atoms with van der Waals surface area (Å²) in [4.78, 5) is 10.7. The molecule has 1 amide bonds. The minimum atomic E-state index is -1.58. The summed E-state index contributed by atoms with van der Waals surface area (Å²) in [5, 5.41) is 36.5. The molecule has 1 rings (SSSR count). The van der Waals surface area contributed by atoms with Crippen LogP contribution in [0, 0.1) is 0 Å². The number of hydrogen-bond acceptors (Lipinski definition) is 6. The standard InChI is InChI=1S/C7H13NO6/c8-7(13)6-5(12)4(11)3(10)2(1-9)14-6/h2-6,9-12H,1H2,(H2,8,13)/t2-,3+,4-,5+,6-/m1/s1. The van der Waals surface area contributed by atoms with Gasteiger partial charge in [0, 0.05) is 0 Å². The van der Waals surface area contributed by atoms with Gasteiger partial charge in [0.1, 0.15) is 24.4 Å². The number of aliphatic hydroxyl groups excluding tert-OH is 4. The summed E-state index contributed by atoms with van der Waals surface area (Å²) in [5.74, 6) is -0.957. The third kappa shape index (κ3) is 1.86. The average Bonchev–Trinajstić information content (AvgIpc) is 2.14. The summed E-state index contributed by atoms with van der Waals surface area (Å²) in [7, 11) is 0. The SMILES string of the molecule is NC(=O)[C@@H]1O[C@H](CO)[C@H](O)[C@@H](O)[C@@H]1O. The Kier molecular flexibility index (Phi) is 3.40. The molecule has 14 heavy (non-hydrogen) atoms. The number of aliphatic hydroxyl groups is 4. The molecule has 0 aliphatic carbocycles. The van der Waals surface area contributed by atoms with Gasteiger partial charge in [-0.25, -0.2) is 0 Å². The maximum Gasteiger partial charge on any atom is 0.249 e. The van der Waals surface area contributed by atoms with Gasteiger partial charge in [0.15, 0.2) is 6.10 Å². The summed E-state index contributed by atoms with van der Waals surface area (Å²) in [5.41, 5.74) is 4.88. The van der Waals surface area contributed by atoms with Crippen molar-refractivity contribution in [1.82, 2.24) is 0 Å². The van der Waals surface area contributed by atoms with Crippen molar-refractivity contribution in [3.63, 3.8) is 0 Å². The minimum absolute atomic E-state index is 0.575. The summed E-state index contributed by atoms with van der Waals surface area (Å²) in [6, 6.07) is 0. The van der Waals surface area contributed by atoms with Gasteiger partial charge in [-0.05, 0) is 0 Å². The number of nitrogens with two attached hydrogens (primary N) is 1. The number of hydrogen-bond donors (Lipinski definition) is 5. The lowest BCUT2D eigenvalue weighted by atomic mass is 9.95. The van der Waals surface area contributed by atoms with Crippen molar-refractivity contribution in [2.24, 2.45) is 5.73 Å². The highest BCUT2D eigenvalue weighted by atomic mass is 16.5. The van der Waals surface area contributed by atoms with Crippen LogP contribution >= 0.6 is 0 Å². The summed E-state index contributed by atoms with van der Waals surface area (Å²) in [6.07, 6.45) is -7.11. The second-order valence-electron chi connectivity index (χ2n) is 3.15. The lowest BCUT2D eigenvalue weighted by molar-refractivity contribution is -0.225. The van der Waals surface area contributed by atoms with Crippen molar-refractivity contribution in [3.8, 4) is 0 Å². The molecule has 82 valence electrons. The van der Waals surface area contributed by atoms with E-state index in [2.05, 4.69) is 0 Å². The van der Waals surface area contributed by atoms with E-state index in [4.69, 9.17) is 15.6 Å². The zero-order valence-corrected chi connectivity index (χ0v) is 7.28. The normalized spacial score (nSPS) is 43.6. The zero-order valence-electron chi connectivity index (χ0n) is 7.28. The Morgan fingerprint density at radius 2 is 1.79 bits per heavy atom. The summed E-state index contributed by atoms with van der Waals surface area (Å²) in [6.45, 7) is -0.575. The predicted molar refractivity (Wildman–Crippen MR) is 43.0 cm³/mol. The minimum Gasteiger partial charge on any atom is -0.394 e. The van der Waals surface area contributed by atoms with Gasteiger partial charge in [-0.15, -0.1) is 0 Å². The van der Waals surface area contributed by atoms with E-state index in [0.717, 1.165) is 0 Å². The molecule has 0 aromatic carbocycles. The maximum atomic E-state index is 10.7. The molecule has 0 spiro atoms. The van der Waals surface area contributed by atoms with Gasteiger partial charge in [0.2, 0.25) is 5.91 Å². The number of carbonyl (C=O) groups is 1. The van der Waals surface area contributed by atoms with Crippen LogP contribution < -0.4 is 5.73 Å². The molecule has 1 fully saturated rings. The first-order valence-corrected chi connectivity index (χ1v) is 4.09. The van der Waals surface area contributed by atoms with Gasteiger partial charge in [-0.1, -0.05) is 0 Å². The van der Waals surface area contributed by atoms with Gasteiger partial charge >= 0.3 is 0 Å². The monoisotopic (exact) mass is 207 g/mol. The number of ether oxygens (including phenoxy) is 1. The maximum absolute atomic E-state index is 10.7. The number of primary amides is 1. The Labute approximate surface area is 79.7 Å².